The van der Waals surface area contributed by atoms with Gasteiger partial charge in [-0.25, -0.2) is 9.59 Å². The van der Waals surface area contributed by atoms with Crippen molar-refractivity contribution >= 4 is 11.9 Å². The summed E-state index contributed by atoms with van der Waals surface area (Å²) in [6.07, 6.45) is 14.4. The summed E-state index contributed by atoms with van der Waals surface area (Å²) >= 11 is 0. The van der Waals surface area contributed by atoms with E-state index in [0.29, 0.717) is 0 Å². The second kappa shape index (κ2) is 15.9. The average Bonchev–Trinajstić information content (AvgIpc) is 2.33. The summed E-state index contributed by atoms with van der Waals surface area (Å²) in [5.74, 6) is -3.65. The predicted octanol–water partition coefficient (Wildman–Crippen LogP) is 4.08. The molecule has 0 rings (SSSR count). The normalized spacial score (nSPS) is 9.44. The molecule has 0 aromatic rings. The van der Waals surface area contributed by atoms with Crippen LogP contribution in [-0.4, -0.2) is 22.2 Å². The number of hydrogen-bond donors (Lipinski definition) is 2. The van der Waals surface area contributed by atoms with E-state index in [2.05, 4.69) is 13.8 Å². The quantitative estimate of drug-likeness (QED) is 0.484. The molecule has 0 aliphatic carbocycles. The van der Waals surface area contributed by atoms with Crippen LogP contribution in [0.4, 0.5) is 0 Å². The first-order valence-electron chi connectivity index (χ1n) is 7.02. The van der Waals surface area contributed by atoms with Gasteiger partial charge in [-0.1, -0.05) is 78.1 Å². The van der Waals surface area contributed by atoms with Gasteiger partial charge >= 0.3 is 11.9 Å². The van der Waals surface area contributed by atoms with Crippen LogP contribution in [0.5, 0.6) is 0 Å². The molecule has 18 heavy (non-hydrogen) atoms. The number of carbonyl (C=O) groups is 2. The summed E-state index contributed by atoms with van der Waals surface area (Å²) in [6, 6.07) is 0. The second-order valence-electron chi connectivity index (χ2n) is 4.44. The van der Waals surface area contributed by atoms with Crippen LogP contribution in [0.25, 0.3) is 0 Å². The van der Waals surface area contributed by atoms with E-state index in [1.807, 2.05) is 0 Å². The van der Waals surface area contributed by atoms with Crippen molar-refractivity contribution in [1.29, 1.82) is 0 Å². The highest BCUT2D eigenvalue weighted by atomic mass is 16.4. The van der Waals surface area contributed by atoms with Gasteiger partial charge in [0.2, 0.25) is 0 Å². The van der Waals surface area contributed by atoms with Crippen molar-refractivity contribution in [3.8, 4) is 0 Å². The molecule has 0 spiro atoms. The molecule has 0 atom stereocenters. The Morgan fingerprint density at radius 3 is 1.00 bits per heavy atom. The SMILES string of the molecule is CCCCCCCCCCCC.O=C(O)C(=O)O. The third-order valence-corrected chi connectivity index (χ3v) is 2.64. The predicted molar refractivity (Wildman–Crippen MR) is 72.8 cm³/mol. The zero-order chi connectivity index (χ0) is 14.2. The molecule has 108 valence electrons. The van der Waals surface area contributed by atoms with Gasteiger partial charge in [0.15, 0.2) is 0 Å². The standard InChI is InChI=1S/C12H26.C2H2O4/c1-3-5-7-9-11-12-10-8-6-4-2;3-1(4)2(5)6/h3-12H2,1-2H3;(H,3,4)(H,5,6). The molecule has 0 saturated carbocycles. The number of hydrogen-bond acceptors (Lipinski definition) is 2. The maximum Gasteiger partial charge on any atom is 0.414 e. The lowest BCUT2D eigenvalue weighted by Gasteiger charge is -1.99. The number of rotatable bonds is 9. The zero-order valence-electron chi connectivity index (χ0n) is 11.8. The maximum atomic E-state index is 9.10. The Labute approximate surface area is 110 Å². The maximum absolute atomic E-state index is 9.10. The van der Waals surface area contributed by atoms with E-state index in [-0.39, 0.29) is 0 Å². The Balaban J connectivity index is 0. The lowest BCUT2D eigenvalue weighted by atomic mass is 10.1. The van der Waals surface area contributed by atoms with Gasteiger partial charge in [0, 0.05) is 0 Å². The molecule has 4 nitrogen and oxygen atoms in total. The molecule has 4 heteroatoms. The summed E-state index contributed by atoms with van der Waals surface area (Å²) in [5, 5.41) is 14.8. The van der Waals surface area contributed by atoms with Crippen molar-refractivity contribution in [3.63, 3.8) is 0 Å². The molecule has 0 aromatic carbocycles. The molecule has 0 radical (unpaired) electrons. The van der Waals surface area contributed by atoms with Gasteiger partial charge in [0.1, 0.15) is 0 Å². The summed E-state index contributed by atoms with van der Waals surface area (Å²) < 4.78 is 0. The monoisotopic (exact) mass is 260 g/mol. The van der Waals surface area contributed by atoms with E-state index in [9.17, 15) is 0 Å². The van der Waals surface area contributed by atoms with E-state index in [4.69, 9.17) is 19.8 Å². The van der Waals surface area contributed by atoms with Crippen molar-refractivity contribution in [1.82, 2.24) is 0 Å². The van der Waals surface area contributed by atoms with Gasteiger partial charge in [-0.2, -0.15) is 0 Å². The van der Waals surface area contributed by atoms with Gasteiger partial charge in [0.05, 0.1) is 0 Å². The molecule has 0 amide bonds. The van der Waals surface area contributed by atoms with E-state index >= 15 is 0 Å². The van der Waals surface area contributed by atoms with Gasteiger partial charge in [0.25, 0.3) is 0 Å². The molecule has 0 fully saturated rings. The van der Waals surface area contributed by atoms with Crippen molar-refractivity contribution in [2.75, 3.05) is 0 Å². The van der Waals surface area contributed by atoms with Crippen LogP contribution < -0.4 is 0 Å². The number of unbranched alkanes of at least 4 members (excludes halogenated alkanes) is 9. The van der Waals surface area contributed by atoms with Gasteiger partial charge in [-0.3, -0.25) is 0 Å². The summed E-state index contributed by atoms with van der Waals surface area (Å²) in [6.45, 7) is 4.56. The van der Waals surface area contributed by atoms with Crippen LogP contribution in [0, 0.1) is 0 Å². The fourth-order valence-corrected chi connectivity index (χ4v) is 1.56. The fraction of sp³-hybridized carbons (Fsp3) is 0.857. The molecule has 0 bridgehead atoms. The second-order valence-corrected chi connectivity index (χ2v) is 4.44. The van der Waals surface area contributed by atoms with E-state index in [1.54, 1.807) is 0 Å². The smallest absolute Gasteiger partial charge is 0.414 e. The Morgan fingerprint density at radius 2 is 0.833 bits per heavy atom. The van der Waals surface area contributed by atoms with Crippen LogP contribution in [-0.2, 0) is 9.59 Å². The molecule has 0 heterocycles. The van der Waals surface area contributed by atoms with E-state index in [0.717, 1.165) is 0 Å². The highest BCUT2D eigenvalue weighted by molar-refractivity contribution is 6.27. The molecule has 0 aliphatic rings. The molecule has 0 unspecified atom stereocenters. The number of carboxylic acid groups (broad SMARTS) is 2. The Hall–Kier alpha value is -1.06. The molecular formula is C14H28O4. The van der Waals surface area contributed by atoms with Crippen LogP contribution in [0.1, 0.15) is 78.1 Å². The van der Waals surface area contributed by atoms with Gasteiger partial charge in [-0.15, -0.1) is 0 Å². The summed E-state index contributed by atoms with van der Waals surface area (Å²) in [5.41, 5.74) is 0. The number of carboxylic acids is 2. The van der Waals surface area contributed by atoms with E-state index < -0.39 is 11.9 Å². The zero-order valence-corrected chi connectivity index (χ0v) is 11.8. The molecular weight excluding hydrogens is 232 g/mol. The van der Waals surface area contributed by atoms with Crippen molar-refractivity contribution in [3.05, 3.63) is 0 Å². The first kappa shape index (κ1) is 19.3. The topological polar surface area (TPSA) is 74.6 Å². The Bertz CT molecular complexity index is 180. The first-order valence-corrected chi connectivity index (χ1v) is 7.02. The summed E-state index contributed by atoms with van der Waals surface area (Å²) in [4.78, 5) is 18.2. The van der Waals surface area contributed by atoms with Crippen LogP contribution in [0.3, 0.4) is 0 Å². The fourth-order valence-electron chi connectivity index (χ4n) is 1.56. The van der Waals surface area contributed by atoms with Gasteiger partial charge < -0.3 is 10.2 Å². The minimum absolute atomic E-state index is 1.37. The minimum Gasteiger partial charge on any atom is -0.473 e. The van der Waals surface area contributed by atoms with E-state index in [1.165, 1.54) is 64.2 Å². The molecule has 2 N–H and O–H groups in total. The molecule has 0 saturated heterocycles. The largest absolute Gasteiger partial charge is 0.473 e. The van der Waals surface area contributed by atoms with Crippen LogP contribution >= 0.6 is 0 Å². The minimum atomic E-state index is -1.82. The molecule has 0 aromatic heterocycles. The van der Waals surface area contributed by atoms with Gasteiger partial charge in [-0.05, 0) is 0 Å². The molecule has 0 aliphatic heterocycles. The lowest BCUT2D eigenvalue weighted by molar-refractivity contribution is -0.159. The van der Waals surface area contributed by atoms with Crippen LogP contribution in [0.15, 0.2) is 0 Å². The van der Waals surface area contributed by atoms with Crippen molar-refractivity contribution < 1.29 is 19.8 Å². The number of aliphatic carboxylic acids is 2. The summed E-state index contributed by atoms with van der Waals surface area (Å²) in [7, 11) is 0. The Kier molecular flexibility index (Phi) is 17.1. The van der Waals surface area contributed by atoms with Crippen molar-refractivity contribution in [2.45, 2.75) is 78.1 Å². The highest BCUT2D eigenvalue weighted by Crippen LogP contribution is 2.09. The third-order valence-electron chi connectivity index (χ3n) is 2.64. The van der Waals surface area contributed by atoms with Crippen LogP contribution in [0.2, 0.25) is 0 Å². The highest BCUT2D eigenvalue weighted by Gasteiger charge is 2.04. The lowest BCUT2D eigenvalue weighted by Crippen LogP contribution is -2.09. The Morgan fingerprint density at radius 1 is 0.611 bits per heavy atom. The average molecular weight is 260 g/mol. The van der Waals surface area contributed by atoms with Crippen molar-refractivity contribution in [2.24, 2.45) is 0 Å². The third kappa shape index (κ3) is 20.4. The first-order chi connectivity index (χ1) is 8.56.